The molecule has 1 aliphatic heterocycles. The monoisotopic (exact) mass is 506 g/mol. The number of esters is 1. The Labute approximate surface area is 220 Å². The number of benzene rings is 4. The molecule has 1 atom stereocenters. The summed E-state index contributed by atoms with van der Waals surface area (Å²) in [6.07, 6.45) is 0.424. The molecule has 1 aliphatic rings. The average Bonchev–Trinajstić information content (AvgIpc) is 3.43. The Morgan fingerprint density at radius 1 is 0.763 bits per heavy atom. The van der Waals surface area contributed by atoms with E-state index in [1.165, 1.54) is 5.01 Å². The minimum Gasteiger partial charge on any atom is -0.497 e. The smallest absolute Gasteiger partial charge is 0.343 e. The summed E-state index contributed by atoms with van der Waals surface area (Å²) in [7, 11) is 3.16. The lowest BCUT2D eigenvalue weighted by molar-refractivity contribution is 0.0708. The van der Waals surface area contributed by atoms with E-state index in [9.17, 15) is 9.59 Å². The van der Waals surface area contributed by atoms with Crippen LogP contribution in [0.3, 0.4) is 0 Å². The van der Waals surface area contributed by atoms with Crippen molar-refractivity contribution in [2.75, 3.05) is 14.2 Å². The molecule has 4 aromatic rings. The molecular weight excluding hydrogens is 480 g/mol. The van der Waals surface area contributed by atoms with Gasteiger partial charge in [0.15, 0.2) is 0 Å². The molecule has 1 amide bonds. The summed E-state index contributed by atoms with van der Waals surface area (Å²) in [5, 5.41) is 6.27. The van der Waals surface area contributed by atoms with E-state index in [-0.39, 0.29) is 11.9 Å². The van der Waals surface area contributed by atoms with E-state index in [0.29, 0.717) is 40.3 Å². The number of rotatable bonds is 7. The third kappa shape index (κ3) is 5.13. The van der Waals surface area contributed by atoms with Gasteiger partial charge in [0.25, 0.3) is 5.91 Å². The lowest BCUT2D eigenvalue weighted by atomic mass is 9.97. The molecule has 5 rings (SSSR count). The van der Waals surface area contributed by atoms with E-state index in [1.807, 2.05) is 48.5 Å². The summed E-state index contributed by atoms with van der Waals surface area (Å²) >= 11 is 0. The van der Waals surface area contributed by atoms with Crippen molar-refractivity contribution in [3.63, 3.8) is 0 Å². The number of carbonyl (C=O) groups excluding carboxylic acids is 2. The SMILES string of the molecule is COc1ccc([C@H]2CC(c3ccc(OC)cc3OC(=O)c3ccccc3)=NN2C(=O)c2ccccc2)cc1. The Hall–Kier alpha value is -4.91. The Morgan fingerprint density at radius 2 is 1.37 bits per heavy atom. The van der Waals surface area contributed by atoms with Gasteiger partial charge in [0.2, 0.25) is 0 Å². The van der Waals surface area contributed by atoms with Gasteiger partial charge in [-0.2, -0.15) is 5.10 Å². The van der Waals surface area contributed by atoms with Crippen LogP contribution < -0.4 is 14.2 Å². The number of ether oxygens (including phenoxy) is 3. The summed E-state index contributed by atoms with van der Waals surface area (Å²) in [5.74, 6) is 0.839. The van der Waals surface area contributed by atoms with Crippen LogP contribution >= 0.6 is 0 Å². The third-order valence-electron chi connectivity index (χ3n) is 6.35. The van der Waals surface area contributed by atoms with Crippen LogP contribution in [-0.4, -0.2) is 36.8 Å². The summed E-state index contributed by atoms with van der Waals surface area (Å²) in [6, 6.07) is 30.2. The fraction of sp³-hybridized carbons (Fsp3) is 0.129. The van der Waals surface area contributed by atoms with Crippen LogP contribution in [0.2, 0.25) is 0 Å². The van der Waals surface area contributed by atoms with Crippen molar-refractivity contribution in [3.05, 3.63) is 125 Å². The molecule has 0 unspecified atom stereocenters. The number of hydrogen-bond donors (Lipinski definition) is 0. The maximum Gasteiger partial charge on any atom is 0.343 e. The van der Waals surface area contributed by atoms with E-state index in [4.69, 9.17) is 19.3 Å². The summed E-state index contributed by atoms with van der Waals surface area (Å²) in [4.78, 5) is 26.5. The van der Waals surface area contributed by atoms with Gasteiger partial charge in [-0.25, -0.2) is 9.80 Å². The second-order valence-corrected chi connectivity index (χ2v) is 8.67. The molecule has 7 nitrogen and oxygen atoms in total. The first-order valence-electron chi connectivity index (χ1n) is 12.1. The van der Waals surface area contributed by atoms with Gasteiger partial charge >= 0.3 is 5.97 Å². The molecule has 38 heavy (non-hydrogen) atoms. The second kappa shape index (κ2) is 11.0. The Balaban J connectivity index is 1.54. The van der Waals surface area contributed by atoms with Crippen LogP contribution in [0.5, 0.6) is 17.2 Å². The lowest BCUT2D eigenvalue weighted by Crippen LogP contribution is -2.27. The van der Waals surface area contributed by atoms with Gasteiger partial charge < -0.3 is 14.2 Å². The summed E-state index contributed by atoms with van der Waals surface area (Å²) < 4.78 is 16.5. The number of nitrogens with zero attached hydrogens (tertiary/aromatic N) is 2. The molecule has 0 bridgehead atoms. The van der Waals surface area contributed by atoms with Crippen molar-refractivity contribution in [1.82, 2.24) is 5.01 Å². The van der Waals surface area contributed by atoms with Crippen LogP contribution in [0.4, 0.5) is 0 Å². The van der Waals surface area contributed by atoms with Crippen LogP contribution in [0.15, 0.2) is 108 Å². The molecule has 0 fully saturated rings. The highest BCUT2D eigenvalue weighted by Gasteiger charge is 2.35. The molecule has 0 spiro atoms. The Morgan fingerprint density at radius 3 is 2.00 bits per heavy atom. The third-order valence-corrected chi connectivity index (χ3v) is 6.35. The summed E-state index contributed by atoms with van der Waals surface area (Å²) in [5.41, 5.74) is 3.09. The first-order chi connectivity index (χ1) is 18.6. The van der Waals surface area contributed by atoms with Crippen molar-refractivity contribution in [1.29, 1.82) is 0 Å². The Bertz CT molecular complexity index is 1470. The standard InChI is InChI=1S/C31H26N2O5/c1-36-24-15-13-21(14-16-24)28-20-27(32-33(28)30(34)22-9-5-3-6-10-22)26-18-17-25(37-2)19-29(26)38-31(35)23-11-7-4-8-12-23/h3-19,28H,20H2,1-2H3/t28-/m1/s1. The second-order valence-electron chi connectivity index (χ2n) is 8.67. The predicted molar refractivity (Wildman–Crippen MR) is 144 cm³/mol. The van der Waals surface area contributed by atoms with Crippen LogP contribution in [0.25, 0.3) is 0 Å². The van der Waals surface area contributed by atoms with Gasteiger partial charge in [0.05, 0.1) is 31.5 Å². The van der Waals surface area contributed by atoms with Gasteiger partial charge in [-0.05, 0) is 54.1 Å². The van der Waals surface area contributed by atoms with Gasteiger partial charge in [-0.3, -0.25) is 4.79 Å². The van der Waals surface area contributed by atoms with E-state index in [1.54, 1.807) is 68.8 Å². The molecule has 0 N–H and O–H groups in total. The molecule has 0 saturated heterocycles. The van der Waals surface area contributed by atoms with E-state index >= 15 is 0 Å². The molecule has 4 aromatic carbocycles. The first kappa shape index (κ1) is 24.8. The highest BCUT2D eigenvalue weighted by Crippen LogP contribution is 2.37. The van der Waals surface area contributed by atoms with E-state index < -0.39 is 5.97 Å². The average molecular weight is 507 g/mol. The molecule has 7 heteroatoms. The summed E-state index contributed by atoms with van der Waals surface area (Å²) in [6.45, 7) is 0. The van der Waals surface area contributed by atoms with Gasteiger partial charge in [-0.15, -0.1) is 0 Å². The predicted octanol–water partition coefficient (Wildman–Crippen LogP) is 5.91. The Kier molecular flexibility index (Phi) is 7.17. The molecule has 0 aromatic heterocycles. The number of methoxy groups -OCH3 is 2. The van der Waals surface area contributed by atoms with Crippen molar-refractivity contribution in [3.8, 4) is 17.2 Å². The molecule has 0 saturated carbocycles. The van der Waals surface area contributed by atoms with E-state index in [0.717, 1.165) is 11.3 Å². The zero-order valence-electron chi connectivity index (χ0n) is 21.0. The quantitative estimate of drug-likeness (QED) is 0.230. The minimum atomic E-state index is -0.498. The zero-order valence-corrected chi connectivity index (χ0v) is 21.0. The van der Waals surface area contributed by atoms with E-state index in [2.05, 4.69) is 0 Å². The van der Waals surface area contributed by atoms with Crippen LogP contribution in [0, 0.1) is 0 Å². The minimum absolute atomic E-state index is 0.224. The molecule has 0 radical (unpaired) electrons. The van der Waals surface area contributed by atoms with Crippen LogP contribution in [-0.2, 0) is 0 Å². The van der Waals surface area contributed by atoms with Crippen molar-refractivity contribution in [2.45, 2.75) is 12.5 Å². The van der Waals surface area contributed by atoms with Gasteiger partial charge in [-0.1, -0.05) is 48.5 Å². The van der Waals surface area contributed by atoms with Crippen molar-refractivity contribution >= 4 is 17.6 Å². The normalized spacial score (nSPS) is 14.5. The largest absolute Gasteiger partial charge is 0.497 e. The molecule has 0 aliphatic carbocycles. The fourth-order valence-corrected chi connectivity index (χ4v) is 4.34. The number of carbonyl (C=O) groups is 2. The van der Waals surface area contributed by atoms with Crippen molar-refractivity contribution < 1.29 is 23.8 Å². The van der Waals surface area contributed by atoms with Crippen LogP contribution in [0.1, 0.15) is 44.3 Å². The lowest BCUT2D eigenvalue weighted by Gasteiger charge is -2.22. The highest BCUT2D eigenvalue weighted by molar-refractivity contribution is 6.07. The zero-order chi connectivity index (χ0) is 26.5. The topological polar surface area (TPSA) is 77.4 Å². The molecular formula is C31H26N2O5. The van der Waals surface area contributed by atoms with Crippen molar-refractivity contribution in [2.24, 2.45) is 5.10 Å². The number of amides is 1. The molecule has 1 heterocycles. The maximum atomic E-state index is 13.6. The number of hydrogen-bond acceptors (Lipinski definition) is 6. The fourth-order valence-electron chi connectivity index (χ4n) is 4.34. The first-order valence-corrected chi connectivity index (χ1v) is 12.1. The van der Waals surface area contributed by atoms with Gasteiger partial charge in [0.1, 0.15) is 17.2 Å². The number of hydrazone groups is 1. The maximum absolute atomic E-state index is 13.6. The molecule has 190 valence electrons. The highest BCUT2D eigenvalue weighted by atomic mass is 16.5. The van der Waals surface area contributed by atoms with Gasteiger partial charge in [0, 0.05) is 23.6 Å².